The maximum atomic E-state index is 12.2. The van der Waals surface area contributed by atoms with E-state index in [1.807, 2.05) is 19.1 Å². The van der Waals surface area contributed by atoms with Crippen molar-refractivity contribution in [2.75, 3.05) is 12.4 Å². The van der Waals surface area contributed by atoms with E-state index in [4.69, 9.17) is 4.74 Å². The van der Waals surface area contributed by atoms with Crippen LogP contribution in [0, 0.1) is 6.92 Å². The average Bonchev–Trinajstić information content (AvgIpc) is 2.60. The molecule has 0 aliphatic rings. The van der Waals surface area contributed by atoms with E-state index >= 15 is 0 Å². The van der Waals surface area contributed by atoms with E-state index < -0.39 is 0 Å². The second-order valence-electron chi connectivity index (χ2n) is 5.72. The third kappa shape index (κ3) is 5.70. The third-order valence-electron chi connectivity index (χ3n) is 3.50. The number of rotatable bonds is 6. The molecule has 2 aromatic carbocycles. The first-order chi connectivity index (χ1) is 12.4. The molecule has 0 heterocycles. The fraction of sp³-hybridized carbons (Fsp3) is 0.211. The largest absolute Gasteiger partial charge is 0.495 e. The molecular weight excluding hydrogens is 398 g/mol. The monoisotopic (exact) mass is 417 g/mol. The van der Waals surface area contributed by atoms with Crippen molar-refractivity contribution in [1.29, 1.82) is 0 Å². The van der Waals surface area contributed by atoms with Gasteiger partial charge in [0.05, 0.1) is 19.2 Å². The molecule has 0 aliphatic heterocycles. The number of carbonyl (C=O) groups excluding carboxylic acids is 2. The second-order valence-corrected chi connectivity index (χ2v) is 6.64. The molecule has 0 atom stereocenters. The molecule has 2 N–H and O–H groups in total. The van der Waals surface area contributed by atoms with E-state index in [-0.39, 0.29) is 18.2 Å². The first kappa shape index (κ1) is 19.7. The van der Waals surface area contributed by atoms with Crippen molar-refractivity contribution in [2.45, 2.75) is 20.3 Å². The van der Waals surface area contributed by atoms with E-state index in [2.05, 4.69) is 31.8 Å². The van der Waals surface area contributed by atoms with Gasteiger partial charge in [-0.25, -0.2) is 5.43 Å². The summed E-state index contributed by atoms with van der Waals surface area (Å²) in [5, 5.41) is 6.77. The number of halogens is 1. The average molecular weight is 418 g/mol. The number of nitrogens with one attached hydrogen (secondary N) is 2. The first-order valence-corrected chi connectivity index (χ1v) is 8.72. The number of benzene rings is 2. The standard InChI is InChI=1S/C19H20BrN3O3/c1-12-4-9-17(26-3)16(10-12)21-18(24)11-13(2)22-23-19(25)14-5-7-15(20)8-6-14/h4-10H,11H2,1-3H3,(H,21,24)(H,23,25)/b22-13+. The molecule has 2 amide bonds. The quantitative estimate of drug-likeness (QED) is 0.552. The zero-order valence-electron chi connectivity index (χ0n) is 14.8. The fourth-order valence-electron chi connectivity index (χ4n) is 2.20. The Hall–Kier alpha value is -2.67. The van der Waals surface area contributed by atoms with E-state index in [9.17, 15) is 9.59 Å². The van der Waals surface area contributed by atoms with Crippen molar-refractivity contribution in [3.8, 4) is 5.75 Å². The molecule has 0 spiro atoms. The maximum Gasteiger partial charge on any atom is 0.271 e. The van der Waals surface area contributed by atoms with Crippen LogP contribution < -0.4 is 15.5 Å². The summed E-state index contributed by atoms with van der Waals surface area (Å²) in [6.07, 6.45) is 0.0533. The molecule has 0 aromatic heterocycles. The van der Waals surface area contributed by atoms with Gasteiger partial charge in [0.25, 0.3) is 5.91 Å². The lowest BCUT2D eigenvalue weighted by molar-refractivity contribution is -0.115. The Morgan fingerprint density at radius 3 is 2.50 bits per heavy atom. The van der Waals surface area contributed by atoms with Crippen molar-refractivity contribution in [3.05, 3.63) is 58.1 Å². The molecule has 0 unspecified atom stereocenters. The van der Waals surface area contributed by atoms with Crippen LogP contribution >= 0.6 is 15.9 Å². The number of methoxy groups -OCH3 is 1. The van der Waals surface area contributed by atoms with Gasteiger partial charge in [0, 0.05) is 15.7 Å². The highest BCUT2D eigenvalue weighted by atomic mass is 79.9. The number of ether oxygens (including phenoxy) is 1. The van der Waals surface area contributed by atoms with Gasteiger partial charge >= 0.3 is 0 Å². The van der Waals surface area contributed by atoms with Crippen molar-refractivity contribution >= 4 is 39.1 Å². The van der Waals surface area contributed by atoms with Crippen LogP contribution in [0.1, 0.15) is 29.3 Å². The lowest BCUT2D eigenvalue weighted by atomic mass is 10.2. The Balaban J connectivity index is 1.94. The number of amides is 2. The number of carbonyl (C=O) groups is 2. The molecule has 0 bridgehead atoms. The molecule has 7 heteroatoms. The lowest BCUT2D eigenvalue weighted by Crippen LogP contribution is -2.21. The van der Waals surface area contributed by atoms with Crippen LogP contribution in [0.5, 0.6) is 5.75 Å². The Kier molecular flexibility index (Phi) is 6.91. The van der Waals surface area contributed by atoms with E-state index in [1.165, 1.54) is 0 Å². The number of hydrazone groups is 1. The third-order valence-corrected chi connectivity index (χ3v) is 4.03. The van der Waals surface area contributed by atoms with Crippen molar-refractivity contribution < 1.29 is 14.3 Å². The molecule has 26 heavy (non-hydrogen) atoms. The molecule has 136 valence electrons. The predicted molar refractivity (Wildman–Crippen MR) is 106 cm³/mol. The number of anilines is 1. The number of aryl methyl sites for hydroxylation is 1. The van der Waals surface area contributed by atoms with E-state index in [1.54, 1.807) is 44.4 Å². The summed E-state index contributed by atoms with van der Waals surface area (Å²) in [4.78, 5) is 24.2. The second kappa shape index (κ2) is 9.15. The SMILES string of the molecule is COc1ccc(C)cc1NC(=O)C/C(C)=N/NC(=O)c1ccc(Br)cc1. The molecule has 6 nitrogen and oxygen atoms in total. The van der Waals surface area contributed by atoms with Gasteiger partial charge in [0.1, 0.15) is 5.75 Å². The molecule has 0 fully saturated rings. The van der Waals surface area contributed by atoms with Gasteiger partial charge in [-0.15, -0.1) is 0 Å². The van der Waals surface area contributed by atoms with Crippen LogP contribution in [0.4, 0.5) is 5.69 Å². The Morgan fingerprint density at radius 2 is 1.85 bits per heavy atom. The zero-order valence-corrected chi connectivity index (χ0v) is 16.4. The zero-order chi connectivity index (χ0) is 19.1. The summed E-state index contributed by atoms with van der Waals surface area (Å²) >= 11 is 3.31. The normalized spacial score (nSPS) is 11.0. The van der Waals surface area contributed by atoms with Crippen LogP contribution in [0.25, 0.3) is 0 Å². The van der Waals surface area contributed by atoms with Crippen LogP contribution in [0.3, 0.4) is 0 Å². The molecule has 2 rings (SSSR count). The van der Waals surface area contributed by atoms with Gasteiger partial charge in [0.15, 0.2) is 0 Å². The van der Waals surface area contributed by atoms with Crippen molar-refractivity contribution in [2.24, 2.45) is 5.10 Å². The summed E-state index contributed by atoms with van der Waals surface area (Å²) in [7, 11) is 1.55. The Bertz CT molecular complexity index is 832. The van der Waals surface area contributed by atoms with Crippen LogP contribution in [-0.4, -0.2) is 24.6 Å². The summed E-state index contributed by atoms with van der Waals surface area (Å²) in [5.74, 6) is 0.00716. The van der Waals surface area contributed by atoms with Crippen LogP contribution in [-0.2, 0) is 4.79 Å². The van der Waals surface area contributed by atoms with Gasteiger partial charge in [-0.05, 0) is 55.8 Å². The topological polar surface area (TPSA) is 79.8 Å². The first-order valence-electron chi connectivity index (χ1n) is 7.92. The van der Waals surface area contributed by atoms with Crippen molar-refractivity contribution in [3.63, 3.8) is 0 Å². The van der Waals surface area contributed by atoms with Gasteiger partial charge in [-0.3, -0.25) is 9.59 Å². The molecule has 2 aromatic rings. The van der Waals surface area contributed by atoms with Gasteiger partial charge in [0.2, 0.25) is 5.91 Å². The summed E-state index contributed by atoms with van der Waals surface area (Å²) in [6, 6.07) is 12.4. The van der Waals surface area contributed by atoms with Crippen LogP contribution in [0.2, 0.25) is 0 Å². The molecular formula is C19H20BrN3O3. The smallest absolute Gasteiger partial charge is 0.271 e. The summed E-state index contributed by atoms with van der Waals surface area (Å²) in [6.45, 7) is 3.61. The van der Waals surface area contributed by atoms with Gasteiger partial charge < -0.3 is 10.1 Å². The lowest BCUT2D eigenvalue weighted by Gasteiger charge is -2.11. The Labute approximate surface area is 160 Å². The minimum atomic E-state index is -0.336. The predicted octanol–water partition coefficient (Wildman–Crippen LogP) is 3.90. The summed E-state index contributed by atoms with van der Waals surface area (Å²) in [5.41, 5.74) is 5.03. The minimum absolute atomic E-state index is 0.0533. The van der Waals surface area contributed by atoms with Gasteiger partial charge in [-0.1, -0.05) is 22.0 Å². The Morgan fingerprint density at radius 1 is 1.15 bits per heavy atom. The molecule has 0 saturated heterocycles. The molecule has 0 saturated carbocycles. The van der Waals surface area contributed by atoms with E-state index in [0.717, 1.165) is 10.0 Å². The molecule has 0 radical (unpaired) electrons. The van der Waals surface area contributed by atoms with Crippen molar-refractivity contribution in [1.82, 2.24) is 5.43 Å². The van der Waals surface area contributed by atoms with Gasteiger partial charge in [-0.2, -0.15) is 5.10 Å². The number of hydrogen-bond donors (Lipinski definition) is 2. The maximum absolute atomic E-state index is 12.2. The number of hydrogen-bond acceptors (Lipinski definition) is 4. The summed E-state index contributed by atoms with van der Waals surface area (Å²) < 4.78 is 6.12. The highest BCUT2D eigenvalue weighted by Crippen LogP contribution is 2.25. The fourth-order valence-corrected chi connectivity index (χ4v) is 2.46. The minimum Gasteiger partial charge on any atom is -0.495 e. The van der Waals surface area contributed by atoms with E-state index in [0.29, 0.717) is 22.7 Å². The number of nitrogens with zero attached hydrogens (tertiary/aromatic N) is 1. The highest BCUT2D eigenvalue weighted by Gasteiger charge is 2.10. The van der Waals surface area contributed by atoms with Crippen LogP contribution in [0.15, 0.2) is 52.0 Å². The highest BCUT2D eigenvalue weighted by molar-refractivity contribution is 9.10. The molecule has 0 aliphatic carbocycles.